The molecule has 0 aromatic rings. The van der Waals surface area contributed by atoms with Crippen LogP contribution in [0.5, 0.6) is 0 Å². The van der Waals surface area contributed by atoms with Crippen LogP contribution in [0.15, 0.2) is 0 Å². The number of ether oxygens (including phenoxy) is 1. The van der Waals surface area contributed by atoms with E-state index in [1.807, 2.05) is 0 Å². The summed E-state index contributed by atoms with van der Waals surface area (Å²) < 4.78 is 5.30. The number of carbonyl (C=O) groups excluding carboxylic acids is 1. The van der Waals surface area contributed by atoms with E-state index in [1.165, 1.54) is 12.8 Å². The Morgan fingerprint density at radius 3 is 2.87 bits per heavy atom. The molecule has 86 valence electrons. The molecule has 0 spiro atoms. The monoisotopic (exact) mass is 212 g/mol. The van der Waals surface area contributed by atoms with Crippen molar-refractivity contribution in [1.82, 2.24) is 10.6 Å². The fourth-order valence-corrected chi connectivity index (χ4v) is 1.89. The third kappa shape index (κ3) is 3.47. The molecule has 2 N–H and O–H groups in total. The lowest BCUT2D eigenvalue weighted by Crippen LogP contribution is -2.43. The quantitative estimate of drug-likeness (QED) is 0.688. The zero-order valence-corrected chi connectivity index (χ0v) is 9.29. The first kappa shape index (κ1) is 10.9. The van der Waals surface area contributed by atoms with E-state index in [4.69, 9.17) is 4.74 Å². The Bertz CT molecular complexity index is 223. The number of nitrogens with one attached hydrogen (secondary N) is 2. The molecule has 2 unspecified atom stereocenters. The number of carbonyl (C=O) groups is 1. The third-order valence-electron chi connectivity index (χ3n) is 3.19. The third-order valence-corrected chi connectivity index (χ3v) is 3.19. The SMILES string of the molecule is CC(NC(=O)CNC1CC1)C1CCOC1. The first-order valence-electron chi connectivity index (χ1n) is 5.86. The number of amides is 1. The van der Waals surface area contributed by atoms with Gasteiger partial charge in [-0.15, -0.1) is 0 Å². The van der Waals surface area contributed by atoms with E-state index in [0.717, 1.165) is 19.6 Å². The van der Waals surface area contributed by atoms with Crippen molar-refractivity contribution in [3.63, 3.8) is 0 Å². The van der Waals surface area contributed by atoms with Crippen LogP contribution in [-0.4, -0.2) is 37.7 Å². The minimum atomic E-state index is 0.112. The summed E-state index contributed by atoms with van der Waals surface area (Å²) in [4.78, 5) is 11.5. The van der Waals surface area contributed by atoms with E-state index < -0.39 is 0 Å². The molecule has 1 aliphatic carbocycles. The summed E-state index contributed by atoms with van der Waals surface area (Å²) in [5.41, 5.74) is 0. The molecule has 1 saturated carbocycles. The Labute approximate surface area is 90.8 Å². The van der Waals surface area contributed by atoms with Gasteiger partial charge >= 0.3 is 0 Å². The molecule has 0 aromatic carbocycles. The van der Waals surface area contributed by atoms with Crippen molar-refractivity contribution in [2.45, 2.75) is 38.3 Å². The minimum Gasteiger partial charge on any atom is -0.381 e. The van der Waals surface area contributed by atoms with Crippen LogP contribution < -0.4 is 10.6 Å². The molecular weight excluding hydrogens is 192 g/mol. The van der Waals surface area contributed by atoms with Crippen molar-refractivity contribution >= 4 is 5.91 Å². The van der Waals surface area contributed by atoms with Crippen molar-refractivity contribution in [3.8, 4) is 0 Å². The van der Waals surface area contributed by atoms with Crippen LogP contribution in [0.3, 0.4) is 0 Å². The van der Waals surface area contributed by atoms with Crippen molar-refractivity contribution in [2.75, 3.05) is 19.8 Å². The lowest BCUT2D eigenvalue weighted by atomic mass is 10.0. The van der Waals surface area contributed by atoms with Gasteiger partial charge in [0.05, 0.1) is 13.2 Å². The summed E-state index contributed by atoms with van der Waals surface area (Å²) >= 11 is 0. The van der Waals surface area contributed by atoms with Gasteiger partial charge in [-0.3, -0.25) is 4.79 Å². The van der Waals surface area contributed by atoms with E-state index in [2.05, 4.69) is 17.6 Å². The fourth-order valence-electron chi connectivity index (χ4n) is 1.89. The highest BCUT2D eigenvalue weighted by Crippen LogP contribution is 2.18. The summed E-state index contributed by atoms with van der Waals surface area (Å²) in [6, 6.07) is 0.835. The molecule has 15 heavy (non-hydrogen) atoms. The van der Waals surface area contributed by atoms with Gasteiger partial charge in [0.1, 0.15) is 0 Å². The van der Waals surface area contributed by atoms with E-state index in [1.54, 1.807) is 0 Å². The fraction of sp³-hybridized carbons (Fsp3) is 0.909. The van der Waals surface area contributed by atoms with Crippen LogP contribution in [0.2, 0.25) is 0 Å². The highest BCUT2D eigenvalue weighted by Gasteiger charge is 2.25. The van der Waals surface area contributed by atoms with Crippen LogP contribution in [0.4, 0.5) is 0 Å². The summed E-state index contributed by atoms with van der Waals surface area (Å²) in [6.45, 7) is 4.15. The maximum Gasteiger partial charge on any atom is 0.234 e. The van der Waals surface area contributed by atoms with E-state index in [9.17, 15) is 4.79 Å². The first-order chi connectivity index (χ1) is 7.25. The summed E-state index contributed by atoms with van der Waals surface area (Å²) in [5, 5.41) is 6.23. The summed E-state index contributed by atoms with van der Waals surface area (Å²) in [7, 11) is 0. The molecule has 1 aliphatic heterocycles. The van der Waals surface area contributed by atoms with Gasteiger partial charge in [-0.25, -0.2) is 0 Å². The van der Waals surface area contributed by atoms with Gasteiger partial charge in [0.25, 0.3) is 0 Å². The predicted molar refractivity (Wildman–Crippen MR) is 57.6 cm³/mol. The van der Waals surface area contributed by atoms with Gasteiger partial charge in [0.15, 0.2) is 0 Å². The molecule has 1 amide bonds. The molecule has 2 rings (SSSR count). The van der Waals surface area contributed by atoms with Crippen LogP contribution in [0.25, 0.3) is 0 Å². The average molecular weight is 212 g/mol. The van der Waals surface area contributed by atoms with Crippen molar-refractivity contribution in [2.24, 2.45) is 5.92 Å². The minimum absolute atomic E-state index is 0.112. The van der Waals surface area contributed by atoms with Gasteiger partial charge in [0.2, 0.25) is 5.91 Å². The second kappa shape index (κ2) is 4.94. The second-order valence-corrected chi connectivity index (χ2v) is 4.64. The lowest BCUT2D eigenvalue weighted by Gasteiger charge is -2.19. The molecular formula is C11H20N2O2. The maximum atomic E-state index is 11.5. The number of hydrogen-bond donors (Lipinski definition) is 2. The topological polar surface area (TPSA) is 50.4 Å². The first-order valence-corrected chi connectivity index (χ1v) is 5.86. The smallest absolute Gasteiger partial charge is 0.234 e. The molecule has 2 aliphatic rings. The highest BCUT2D eigenvalue weighted by molar-refractivity contribution is 5.78. The van der Waals surface area contributed by atoms with E-state index in [0.29, 0.717) is 18.5 Å². The van der Waals surface area contributed by atoms with Gasteiger partial charge < -0.3 is 15.4 Å². The molecule has 0 aromatic heterocycles. The summed E-state index contributed by atoms with van der Waals surface area (Å²) in [6.07, 6.45) is 3.51. The van der Waals surface area contributed by atoms with Crippen molar-refractivity contribution in [3.05, 3.63) is 0 Å². The van der Waals surface area contributed by atoms with Crippen LogP contribution in [-0.2, 0) is 9.53 Å². The molecule has 0 bridgehead atoms. The van der Waals surface area contributed by atoms with Gasteiger partial charge in [-0.05, 0) is 26.2 Å². The van der Waals surface area contributed by atoms with Crippen molar-refractivity contribution < 1.29 is 9.53 Å². The number of rotatable bonds is 5. The standard InChI is InChI=1S/C11H20N2O2/c1-8(9-4-5-15-7-9)13-11(14)6-12-10-2-3-10/h8-10,12H,2-7H2,1H3,(H,13,14). The second-order valence-electron chi connectivity index (χ2n) is 4.64. The molecule has 1 saturated heterocycles. The molecule has 1 heterocycles. The molecule has 2 atom stereocenters. The Balaban J connectivity index is 1.62. The Morgan fingerprint density at radius 1 is 1.47 bits per heavy atom. The zero-order valence-electron chi connectivity index (χ0n) is 9.29. The van der Waals surface area contributed by atoms with Crippen molar-refractivity contribution in [1.29, 1.82) is 0 Å². The zero-order chi connectivity index (χ0) is 10.7. The lowest BCUT2D eigenvalue weighted by molar-refractivity contribution is -0.121. The average Bonchev–Trinajstić information content (AvgIpc) is 2.87. The predicted octanol–water partition coefficient (Wildman–Crippen LogP) is 0.280. The van der Waals surface area contributed by atoms with Gasteiger partial charge in [-0.2, -0.15) is 0 Å². The summed E-state index contributed by atoms with van der Waals surface area (Å²) in [5.74, 6) is 0.608. The molecule has 4 heteroatoms. The van der Waals surface area contributed by atoms with E-state index in [-0.39, 0.29) is 11.9 Å². The maximum absolute atomic E-state index is 11.5. The van der Waals surface area contributed by atoms with E-state index >= 15 is 0 Å². The Kier molecular flexibility index (Phi) is 3.59. The largest absolute Gasteiger partial charge is 0.381 e. The van der Waals surface area contributed by atoms with Gasteiger partial charge in [0, 0.05) is 24.6 Å². The molecule has 2 fully saturated rings. The van der Waals surface area contributed by atoms with Crippen LogP contribution in [0, 0.1) is 5.92 Å². The number of hydrogen-bond acceptors (Lipinski definition) is 3. The Morgan fingerprint density at radius 2 is 2.27 bits per heavy atom. The molecule has 4 nitrogen and oxygen atoms in total. The van der Waals surface area contributed by atoms with Gasteiger partial charge in [-0.1, -0.05) is 0 Å². The van der Waals surface area contributed by atoms with Crippen LogP contribution in [0.1, 0.15) is 26.2 Å². The molecule has 0 radical (unpaired) electrons. The highest BCUT2D eigenvalue weighted by atomic mass is 16.5. The normalized spacial score (nSPS) is 27.7. The van der Waals surface area contributed by atoms with Crippen LogP contribution >= 0.6 is 0 Å². The Hall–Kier alpha value is -0.610.